The molecule has 0 atom stereocenters. The molecule has 0 unspecified atom stereocenters. The zero-order chi connectivity index (χ0) is 14.7. The second-order valence-electron chi connectivity index (χ2n) is 5.54. The highest BCUT2D eigenvalue weighted by atomic mass is 16.4. The first-order valence-corrected chi connectivity index (χ1v) is 6.89. The number of pyridine rings is 1. The maximum absolute atomic E-state index is 12.6. The van der Waals surface area contributed by atoms with Crippen LogP contribution >= 0.6 is 0 Å². The van der Waals surface area contributed by atoms with E-state index >= 15 is 0 Å². The summed E-state index contributed by atoms with van der Waals surface area (Å²) in [5, 5.41) is 10.8. The van der Waals surface area contributed by atoms with Crippen LogP contribution in [-0.4, -0.2) is 9.67 Å². The number of nitrogens with zero attached hydrogens (tertiary/aromatic N) is 1. The van der Waals surface area contributed by atoms with Gasteiger partial charge in [-0.3, -0.25) is 4.79 Å². The first kappa shape index (κ1) is 12.2. The van der Waals surface area contributed by atoms with E-state index in [1.807, 2.05) is 13.0 Å². The molecular formula is C16H13NO4. The standard InChI is InChI=1S/C16H13NO4/c1-8-5-9-3-2-4-17-14(9)10(6-8)15-13(16(17)20)11(18)7-12(19)21-15/h5-7,18H,2-4H2,1H3. The number of hydrogen-bond acceptors (Lipinski definition) is 4. The lowest BCUT2D eigenvalue weighted by Gasteiger charge is -2.20. The largest absolute Gasteiger partial charge is 0.507 e. The Bertz CT molecular complexity index is 1030. The molecule has 0 radical (unpaired) electrons. The fraction of sp³-hybridized carbons (Fsp3) is 0.250. The van der Waals surface area contributed by atoms with Gasteiger partial charge in [-0.25, -0.2) is 4.79 Å². The van der Waals surface area contributed by atoms with Crippen molar-refractivity contribution in [2.45, 2.75) is 26.3 Å². The van der Waals surface area contributed by atoms with Crippen molar-refractivity contribution in [3.8, 4) is 5.75 Å². The number of fused-ring (bicyclic) bond motifs is 2. The second kappa shape index (κ2) is 3.97. The normalized spacial score (nSPS) is 14.0. The number of aryl methyl sites for hydroxylation is 3. The Morgan fingerprint density at radius 3 is 2.86 bits per heavy atom. The molecule has 5 nitrogen and oxygen atoms in total. The lowest BCUT2D eigenvalue weighted by atomic mass is 9.97. The van der Waals surface area contributed by atoms with Crippen LogP contribution in [0.15, 0.2) is 32.2 Å². The van der Waals surface area contributed by atoms with Gasteiger partial charge in [-0.2, -0.15) is 0 Å². The smallest absolute Gasteiger partial charge is 0.339 e. The maximum atomic E-state index is 12.6. The monoisotopic (exact) mass is 283 g/mol. The minimum absolute atomic E-state index is 0.0838. The van der Waals surface area contributed by atoms with Crippen molar-refractivity contribution in [2.75, 3.05) is 0 Å². The van der Waals surface area contributed by atoms with E-state index in [2.05, 4.69) is 6.07 Å². The van der Waals surface area contributed by atoms with Crippen molar-refractivity contribution >= 4 is 21.9 Å². The average molecular weight is 283 g/mol. The van der Waals surface area contributed by atoms with E-state index in [1.165, 1.54) is 0 Å². The highest BCUT2D eigenvalue weighted by molar-refractivity contribution is 6.05. The highest BCUT2D eigenvalue weighted by Crippen LogP contribution is 2.32. The quantitative estimate of drug-likeness (QED) is 0.641. The van der Waals surface area contributed by atoms with Gasteiger partial charge in [0.05, 0.1) is 11.6 Å². The van der Waals surface area contributed by atoms with Gasteiger partial charge in [-0.1, -0.05) is 6.07 Å². The van der Waals surface area contributed by atoms with Crippen LogP contribution in [0.3, 0.4) is 0 Å². The highest BCUT2D eigenvalue weighted by Gasteiger charge is 2.21. The molecule has 21 heavy (non-hydrogen) atoms. The van der Waals surface area contributed by atoms with Crippen molar-refractivity contribution in [3.05, 3.63) is 50.1 Å². The van der Waals surface area contributed by atoms with Crippen LogP contribution in [-0.2, 0) is 13.0 Å². The van der Waals surface area contributed by atoms with Crippen LogP contribution in [0.2, 0.25) is 0 Å². The van der Waals surface area contributed by atoms with Gasteiger partial charge in [0.15, 0.2) is 5.58 Å². The van der Waals surface area contributed by atoms with Gasteiger partial charge >= 0.3 is 5.63 Å². The molecule has 0 saturated carbocycles. The molecule has 0 saturated heterocycles. The molecule has 0 amide bonds. The Kier molecular flexibility index (Phi) is 2.31. The Morgan fingerprint density at radius 1 is 1.24 bits per heavy atom. The molecule has 0 fully saturated rings. The third-order valence-electron chi connectivity index (χ3n) is 4.08. The number of benzene rings is 1. The molecule has 1 aliphatic heterocycles. The summed E-state index contributed by atoms with van der Waals surface area (Å²) < 4.78 is 6.92. The first-order valence-electron chi connectivity index (χ1n) is 6.89. The molecule has 3 heterocycles. The molecule has 106 valence electrons. The fourth-order valence-electron chi connectivity index (χ4n) is 3.29. The summed E-state index contributed by atoms with van der Waals surface area (Å²) in [5.41, 5.74) is 2.17. The lowest BCUT2D eigenvalue weighted by Crippen LogP contribution is -2.25. The van der Waals surface area contributed by atoms with Gasteiger partial charge in [-0.15, -0.1) is 0 Å². The van der Waals surface area contributed by atoms with Crippen molar-refractivity contribution in [3.63, 3.8) is 0 Å². The van der Waals surface area contributed by atoms with Crippen LogP contribution in [0.1, 0.15) is 17.5 Å². The van der Waals surface area contributed by atoms with E-state index in [-0.39, 0.29) is 22.3 Å². The summed E-state index contributed by atoms with van der Waals surface area (Å²) in [7, 11) is 0. The van der Waals surface area contributed by atoms with Crippen LogP contribution in [0.25, 0.3) is 21.9 Å². The van der Waals surface area contributed by atoms with E-state index in [4.69, 9.17) is 4.42 Å². The van der Waals surface area contributed by atoms with Crippen molar-refractivity contribution in [1.82, 2.24) is 4.57 Å². The number of aromatic nitrogens is 1. The summed E-state index contributed by atoms with van der Waals surface area (Å²) in [5.74, 6) is -0.314. The molecule has 0 bridgehead atoms. The van der Waals surface area contributed by atoms with Gasteiger partial charge in [0.25, 0.3) is 5.56 Å². The van der Waals surface area contributed by atoms with Crippen LogP contribution in [0.4, 0.5) is 0 Å². The van der Waals surface area contributed by atoms with Gasteiger partial charge in [0.2, 0.25) is 0 Å². The van der Waals surface area contributed by atoms with E-state index in [0.717, 1.165) is 35.6 Å². The van der Waals surface area contributed by atoms with E-state index in [0.29, 0.717) is 11.9 Å². The number of aromatic hydroxyl groups is 1. The average Bonchev–Trinajstić information content (AvgIpc) is 2.43. The van der Waals surface area contributed by atoms with Crippen LogP contribution < -0.4 is 11.2 Å². The lowest BCUT2D eigenvalue weighted by molar-refractivity contribution is 0.466. The molecule has 2 aromatic heterocycles. The molecule has 1 N–H and O–H groups in total. The van der Waals surface area contributed by atoms with Crippen LogP contribution in [0.5, 0.6) is 5.75 Å². The van der Waals surface area contributed by atoms with Gasteiger partial charge < -0.3 is 14.1 Å². The Balaban J connectivity index is 2.42. The fourth-order valence-corrected chi connectivity index (χ4v) is 3.29. The van der Waals surface area contributed by atoms with Crippen LogP contribution in [0, 0.1) is 6.92 Å². The summed E-state index contributed by atoms with van der Waals surface area (Å²) in [4.78, 5) is 24.2. The summed E-state index contributed by atoms with van der Waals surface area (Å²) in [6, 6.07) is 4.90. The van der Waals surface area contributed by atoms with Gasteiger partial charge in [0.1, 0.15) is 11.1 Å². The molecule has 1 aliphatic rings. The summed E-state index contributed by atoms with van der Waals surface area (Å²) in [6.45, 7) is 2.58. The van der Waals surface area contributed by atoms with Crippen molar-refractivity contribution in [1.29, 1.82) is 0 Å². The first-order chi connectivity index (χ1) is 10.1. The zero-order valence-electron chi connectivity index (χ0n) is 11.5. The molecule has 5 heteroatoms. The molecule has 3 aromatic rings. The van der Waals surface area contributed by atoms with Gasteiger partial charge in [-0.05, 0) is 37.0 Å². The Labute approximate surface area is 119 Å². The SMILES string of the molecule is Cc1cc2c3c(c1)c1oc(=O)cc(O)c1c(=O)n3CCC2. The van der Waals surface area contributed by atoms with Crippen molar-refractivity contribution in [2.24, 2.45) is 0 Å². The topological polar surface area (TPSA) is 72.4 Å². The molecular weight excluding hydrogens is 270 g/mol. The molecule has 1 aromatic carbocycles. The van der Waals surface area contributed by atoms with E-state index < -0.39 is 5.63 Å². The Hall–Kier alpha value is -2.56. The second-order valence-corrected chi connectivity index (χ2v) is 5.54. The molecule has 4 rings (SSSR count). The third kappa shape index (κ3) is 1.57. The predicted molar refractivity (Wildman–Crippen MR) is 79.0 cm³/mol. The molecule has 0 spiro atoms. The number of rotatable bonds is 0. The molecule has 0 aliphatic carbocycles. The van der Waals surface area contributed by atoms with E-state index in [9.17, 15) is 14.7 Å². The van der Waals surface area contributed by atoms with E-state index in [1.54, 1.807) is 4.57 Å². The summed E-state index contributed by atoms with van der Waals surface area (Å²) >= 11 is 0. The van der Waals surface area contributed by atoms with Gasteiger partial charge in [0, 0.05) is 11.9 Å². The Morgan fingerprint density at radius 2 is 2.05 bits per heavy atom. The summed E-state index contributed by atoms with van der Waals surface area (Å²) in [6.07, 6.45) is 1.78. The number of hydrogen-bond donors (Lipinski definition) is 1. The third-order valence-corrected chi connectivity index (χ3v) is 4.08. The minimum Gasteiger partial charge on any atom is -0.507 e. The van der Waals surface area contributed by atoms with Crippen molar-refractivity contribution < 1.29 is 9.52 Å². The maximum Gasteiger partial charge on any atom is 0.339 e. The minimum atomic E-state index is -0.654. The zero-order valence-corrected chi connectivity index (χ0v) is 11.5. The predicted octanol–water partition coefficient (Wildman–Crippen LogP) is 2.07.